The number of carbonyl (C=O) groups excluding carboxylic acids is 1. The normalized spacial score (nSPS) is 8.92. The van der Waals surface area contributed by atoms with E-state index in [0.29, 0.717) is 12.0 Å². The molecular formula is C9H7IN2O. The molecule has 0 aromatic heterocycles. The number of rotatable bonds is 2. The molecule has 0 atom stereocenters. The number of nitriles is 1. The molecule has 1 aromatic rings. The van der Waals surface area contributed by atoms with E-state index in [2.05, 4.69) is 3.53 Å². The minimum Gasteiger partial charge on any atom is -0.299 e. The maximum Gasteiger partial charge on any atom is 0.233 e. The van der Waals surface area contributed by atoms with Crippen molar-refractivity contribution in [3.8, 4) is 6.07 Å². The van der Waals surface area contributed by atoms with Gasteiger partial charge in [0.1, 0.15) is 0 Å². The van der Waals surface area contributed by atoms with Gasteiger partial charge in [0.2, 0.25) is 5.91 Å². The number of hydrogen-bond acceptors (Lipinski definition) is 2. The van der Waals surface area contributed by atoms with Crippen molar-refractivity contribution in [3.63, 3.8) is 0 Å². The summed E-state index contributed by atoms with van der Waals surface area (Å²) in [5.41, 5.74) is 1.52. The number of hydrogen-bond donors (Lipinski definition) is 1. The standard InChI is InChI=1S/C9H7IN2O/c10-12-9(13)5-7-1-3-8(6-11)4-2-7/h1-4H,5H2,(H,12,13). The summed E-state index contributed by atoms with van der Waals surface area (Å²) in [6.07, 6.45) is 0.356. The van der Waals surface area contributed by atoms with E-state index in [1.54, 1.807) is 47.1 Å². The fraction of sp³-hybridized carbons (Fsp3) is 0.111. The minimum atomic E-state index is -0.0368. The minimum absolute atomic E-state index is 0.0368. The number of halogens is 1. The van der Waals surface area contributed by atoms with Gasteiger partial charge >= 0.3 is 0 Å². The lowest BCUT2D eigenvalue weighted by molar-refractivity contribution is -0.118. The molecule has 4 heteroatoms. The Bertz CT molecular complexity index is 340. The fourth-order valence-electron chi connectivity index (χ4n) is 0.916. The van der Waals surface area contributed by atoms with Crippen LogP contribution in [0.3, 0.4) is 0 Å². The van der Waals surface area contributed by atoms with Gasteiger partial charge in [-0.15, -0.1) is 0 Å². The van der Waals surface area contributed by atoms with E-state index in [9.17, 15) is 4.79 Å². The van der Waals surface area contributed by atoms with E-state index in [1.807, 2.05) is 6.07 Å². The third-order valence-corrected chi connectivity index (χ3v) is 2.15. The Balaban J connectivity index is 2.71. The summed E-state index contributed by atoms with van der Waals surface area (Å²) in [6, 6.07) is 8.99. The zero-order valence-corrected chi connectivity index (χ0v) is 8.91. The van der Waals surface area contributed by atoms with Crippen LogP contribution < -0.4 is 3.53 Å². The molecule has 0 aliphatic rings. The summed E-state index contributed by atoms with van der Waals surface area (Å²) in [4.78, 5) is 11.0. The molecule has 0 aliphatic heterocycles. The third kappa shape index (κ3) is 3.03. The summed E-state index contributed by atoms with van der Waals surface area (Å²) in [5.74, 6) is -0.0368. The largest absolute Gasteiger partial charge is 0.299 e. The molecular weight excluding hydrogens is 279 g/mol. The maximum absolute atomic E-state index is 11.0. The Kier molecular flexibility index (Phi) is 3.71. The van der Waals surface area contributed by atoms with Crippen LogP contribution in [-0.2, 0) is 11.2 Å². The zero-order valence-electron chi connectivity index (χ0n) is 6.75. The number of carbonyl (C=O) groups is 1. The maximum atomic E-state index is 11.0. The van der Waals surface area contributed by atoms with Crippen LogP contribution >= 0.6 is 22.9 Å². The highest BCUT2D eigenvalue weighted by Gasteiger charge is 2.00. The average molecular weight is 286 g/mol. The second-order valence-corrected chi connectivity index (χ2v) is 3.04. The molecule has 1 N–H and O–H groups in total. The lowest BCUT2D eigenvalue weighted by atomic mass is 10.1. The van der Waals surface area contributed by atoms with Crippen LogP contribution in [0.4, 0.5) is 0 Å². The van der Waals surface area contributed by atoms with E-state index in [4.69, 9.17) is 5.26 Å². The molecule has 0 spiro atoms. The molecule has 0 radical (unpaired) electrons. The molecule has 1 rings (SSSR count). The lowest BCUT2D eigenvalue weighted by Crippen LogP contribution is -2.14. The Hall–Kier alpha value is -1.09. The molecule has 0 saturated carbocycles. The molecule has 0 fully saturated rings. The van der Waals surface area contributed by atoms with Crippen LogP contribution in [0.1, 0.15) is 11.1 Å². The summed E-state index contributed by atoms with van der Waals surface area (Å²) in [5, 5.41) is 8.53. The Labute approximate surface area is 90.2 Å². The highest BCUT2D eigenvalue weighted by molar-refractivity contribution is 14.1. The van der Waals surface area contributed by atoms with Crippen LogP contribution in [-0.4, -0.2) is 5.91 Å². The predicted molar refractivity (Wildman–Crippen MR) is 57.0 cm³/mol. The van der Waals surface area contributed by atoms with Gasteiger partial charge in [-0.3, -0.25) is 8.32 Å². The van der Waals surface area contributed by atoms with E-state index in [1.165, 1.54) is 0 Å². The molecule has 66 valence electrons. The first-order valence-electron chi connectivity index (χ1n) is 3.65. The number of amides is 1. The van der Waals surface area contributed by atoms with Crippen molar-refractivity contribution in [1.82, 2.24) is 3.53 Å². The second-order valence-electron chi connectivity index (χ2n) is 2.50. The van der Waals surface area contributed by atoms with Crippen molar-refractivity contribution < 1.29 is 4.79 Å². The van der Waals surface area contributed by atoms with Crippen LogP contribution in [0.5, 0.6) is 0 Å². The molecule has 1 amide bonds. The van der Waals surface area contributed by atoms with Gasteiger partial charge in [-0.25, -0.2) is 0 Å². The van der Waals surface area contributed by atoms with Crippen LogP contribution in [0, 0.1) is 11.3 Å². The van der Waals surface area contributed by atoms with Crippen molar-refractivity contribution >= 4 is 28.8 Å². The first kappa shape index (κ1) is 9.99. The SMILES string of the molecule is N#Cc1ccc(CC(=O)NI)cc1. The van der Waals surface area contributed by atoms with Gasteiger partial charge in [0.15, 0.2) is 0 Å². The topological polar surface area (TPSA) is 52.9 Å². The summed E-state index contributed by atoms with van der Waals surface area (Å²) in [7, 11) is 0. The van der Waals surface area contributed by atoms with Crippen LogP contribution in [0.25, 0.3) is 0 Å². The van der Waals surface area contributed by atoms with Gasteiger partial charge in [0.25, 0.3) is 0 Å². The summed E-state index contributed by atoms with van der Waals surface area (Å²) < 4.78 is 2.51. The van der Waals surface area contributed by atoms with E-state index < -0.39 is 0 Å². The Morgan fingerprint density at radius 2 is 2.08 bits per heavy atom. The van der Waals surface area contributed by atoms with E-state index >= 15 is 0 Å². The molecule has 0 unspecified atom stereocenters. The first-order chi connectivity index (χ1) is 6.26. The van der Waals surface area contributed by atoms with Gasteiger partial charge in [0, 0.05) is 0 Å². The molecule has 0 aliphatic carbocycles. The van der Waals surface area contributed by atoms with Crippen molar-refractivity contribution in [2.24, 2.45) is 0 Å². The van der Waals surface area contributed by atoms with Crippen LogP contribution in [0.2, 0.25) is 0 Å². The zero-order chi connectivity index (χ0) is 9.68. The van der Waals surface area contributed by atoms with Crippen molar-refractivity contribution in [3.05, 3.63) is 35.4 Å². The van der Waals surface area contributed by atoms with Gasteiger partial charge in [-0.1, -0.05) is 12.1 Å². The molecule has 3 nitrogen and oxygen atoms in total. The van der Waals surface area contributed by atoms with Gasteiger partial charge < -0.3 is 0 Å². The number of benzene rings is 1. The number of nitrogens with one attached hydrogen (secondary N) is 1. The summed E-state index contributed by atoms with van der Waals surface area (Å²) in [6.45, 7) is 0. The quantitative estimate of drug-likeness (QED) is 0.662. The summed E-state index contributed by atoms with van der Waals surface area (Å²) >= 11 is 1.80. The van der Waals surface area contributed by atoms with E-state index in [0.717, 1.165) is 5.56 Å². The highest BCUT2D eigenvalue weighted by atomic mass is 127. The smallest absolute Gasteiger partial charge is 0.233 e. The average Bonchev–Trinajstić information content (AvgIpc) is 2.19. The van der Waals surface area contributed by atoms with Gasteiger partial charge in [-0.05, 0) is 17.7 Å². The molecule has 0 heterocycles. The Morgan fingerprint density at radius 3 is 2.54 bits per heavy atom. The third-order valence-electron chi connectivity index (χ3n) is 1.55. The molecule has 13 heavy (non-hydrogen) atoms. The highest BCUT2D eigenvalue weighted by Crippen LogP contribution is 2.04. The second kappa shape index (κ2) is 4.82. The fourth-order valence-corrected chi connectivity index (χ4v) is 1.11. The molecule has 0 bridgehead atoms. The molecule has 0 saturated heterocycles. The van der Waals surface area contributed by atoms with Crippen molar-refractivity contribution in [1.29, 1.82) is 5.26 Å². The van der Waals surface area contributed by atoms with Gasteiger partial charge in [0.05, 0.1) is 40.9 Å². The van der Waals surface area contributed by atoms with Crippen molar-refractivity contribution in [2.75, 3.05) is 0 Å². The number of nitrogens with zero attached hydrogens (tertiary/aromatic N) is 1. The van der Waals surface area contributed by atoms with Crippen molar-refractivity contribution in [2.45, 2.75) is 6.42 Å². The Morgan fingerprint density at radius 1 is 1.46 bits per heavy atom. The van der Waals surface area contributed by atoms with Gasteiger partial charge in [-0.2, -0.15) is 5.26 Å². The van der Waals surface area contributed by atoms with E-state index in [-0.39, 0.29) is 5.91 Å². The monoisotopic (exact) mass is 286 g/mol. The molecule has 1 aromatic carbocycles. The first-order valence-corrected chi connectivity index (χ1v) is 4.72. The lowest BCUT2D eigenvalue weighted by Gasteiger charge is -1.98. The predicted octanol–water partition coefficient (Wildman–Crippen LogP) is 1.57. The van der Waals surface area contributed by atoms with Crippen LogP contribution in [0.15, 0.2) is 24.3 Å².